The monoisotopic (exact) mass is 330 g/mol. The summed E-state index contributed by atoms with van der Waals surface area (Å²) in [4.78, 5) is 0. The van der Waals surface area contributed by atoms with Crippen LogP contribution in [0.5, 0.6) is 0 Å². The molecule has 0 N–H and O–H groups in total. The summed E-state index contributed by atoms with van der Waals surface area (Å²) in [7, 11) is 0.0489. The minimum absolute atomic E-state index is 0. The first-order chi connectivity index (χ1) is 7.36. The number of aryl methyl sites for hydroxylation is 1. The molecule has 92 valence electrons. The molecule has 0 radical (unpaired) electrons. The molecule has 0 bridgehead atoms. The average Bonchev–Trinajstić information content (AvgIpc) is 2.88. The molecule has 4 heteroatoms. The first kappa shape index (κ1) is 20.2. The predicted octanol–water partition coefficient (Wildman–Crippen LogP) is -1.43. The van der Waals surface area contributed by atoms with Gasteiger partial charge >= 0.3 is 21.7 Å². The molecule has 0 spiro atoms. The van der Waals surface area contributed by atoms with Crippen molar-refractivity contribution in [3.05, 3.63) is 66.2 Å². The zero-order valence-corrected chi connectivity index (χ0v) is 13.9. The quantitative estimate of drug-likeness (QED) is 0.350. The van der Waals surface area contributed by atoms with E-state index >= 15 is 0 Å². The van der Waals surface area contributed by atoms with Crippen LogP contribution in [0.2, 0.25) is 0 Å². The van der Waals surface area contributed by atoms with E-state index in [0.29, 0.717) is 0 Å². The Morgan fingerprint density at radius 2 is 1.78 bits per heavy atom. The SMILES string of the molecule is Cp1[c-]ccc1.[Cl-].[Cl-].[Ti+4].c1ccc2[cH-]ccc2c1. The molecule has 18 heavy (non-hydrogen) atoms. The van der Waals surface area contributed by atoms with E-state index in [2.05, 4.69) is 60.7 Å². The van der Waals surface area contributed by atoms with Gasteiger partial charge < -0.3 is 24.8 Å². The fraction of sp³-hybridized carbons (Fsp3) is 0.0714. The Morgan fingerprint density at radius 1 is 1.06 bits per heavy atom. The fourth-order valence-electron chi connectivity index (χ4n) is 1.45. The van der Waals surface area contributed by atoms with Crippen molar-refractivity contribution in [2.45, 2.75) is 0 Å². The van der Waals surface area contributed by atoms with E-state index in [1.165, 1.54) is 10.8 Å². The number of hydrogen-bond donors (Lipinski definition) is 0. The van der Waals surface area contributed by atoms with Gasteiger partial charge in [-0.25, -0.2) is 6.07 Å². The van der Waals surface area contributed by atoms with Gasteiger partial charge in [0.15, 0.2) is 0 Å². The average molecular weight is 331 g/mol. The van der Waals surface area contributed by atoms with Gasteiger partial charge in [0.05, 0.1) is 0 Å². The van der Waals surface area contributed by atoms with Gasteiger partial charge in [-0.1, -0.05) is 6.07 Å². The Hall–Kier alpha value is -0.0957. The number of hydrogen-bond acceptors (Lipinski definition) is 0. The minimum Gasteiger partial charge on any atom is -1.00 e. The van der Waals surface area contributed by atoms with E-state index in [0.717, 1.165) is 0 Å². The topological polar surface area (TPSA) is 0 Å². The van der Waals surface area contributed by atoms with E-state index in [9.17, 15) is 0 Å². The van der Waals surface area contributed by atoms with Gasteiger partial charge in [0.2, 0.25) is 0 Å². The number of benzene rings is 1. The summed E-state index contributed by atoms with van der Waals surface area (Å²) in [5.74, 6) is 5.32. The van der Waals surface area contributed by atoms with Crippen LogP contribution in [0.25, 0.3) is 10.8 Å². The van der Waals surface area contributed by atoms with E-state index in [4.69, 9.17) is 0 Å². The second kappa shape index (κ2) is 10.8. The molecule has 0 saturated carbocycles. The minimum atomic E-state index is 0. The largest absolute Gasteiger partial charge is 4.00 e. The fourth-order valence-corrected chi connectivity index (χ4v) is 2.20. The Kier molecular flexibility index (Phi) is 12.1. The molecule has 0 aliphatic heterocycles. The van der Waals surface area contributed by atoms with Crippen LogP contribution in [0, 0.1) is 5.80 Å². The number of rotatable bonds is 0. The molecule has 0 amide bonds. The van der Waals surface area contributed by atoms with Crippen molar-refractivity contribution in [1.82, 2.24) is 0 Å². The van der Waals surface area contributed by atoms with E-state index in [-0.39, 0.29) is 54.1 Å². The standard InChI is InChI=1S/C9H7.C5H6P.2ClH.Ti/c1-2-5-9-7-3-6-8(9)4-1;1-6-4-2-3-5-6;;;/h1-7H;2-4H,1H3;2*1H;/q2*-1;;;+4/p-2. The van der Waals surface area contributed by atoms with Gasteiger partial charge in [0.1, 0.15) is 0 Å². The smallest absolute Gasteiger partial charge is 1.00 e. The molecule has 3 aromatic rings. The molecule has 0 fully saturated rings. The van der Waals surface area contributed by atoms with E-state index < -0.39 is 0 Å². The molecule has 0 nitrogen and oxygen atoms in total. The Morgan fingerprint density at radius 3 is 2.28 bits per heavy atom. The second-order valence-electron chi connectivity index (χ2n) is 3.40. The van der Waals surface area contributed by atoms with Crippen LogP contribution >= 0.6 is 7.53 Å². The maximum atomic E-state index is 3.15. The van der Waals surface area contributed by atoms with Gasteiger partial charge in [-0.2, -0.15) is 35.2 Å². The van der Waals surface area contributed by atoms with Crippen molar-refractivity contribution in [3.63, 3.8) is 0 Å². The predicted molar refractivity (Wildman–Crippen MR) is 68.5 cm³/mol. The normalized spacial score (nSPS) is 9.06. The van der Waals surface area contributed by atoms with E-state index in [1.54, 1.807) is 0 Å². The maximum absolute atomic E-state index is 3.15. The summed E-state index contributed by atoms with van der Waals surface area (Å²) >= 11 is 0. The Balaban J connectivity index is 0. The molecule has 1 aromatic heterocycles. The van der Waals surface area contributed by atoms with Gasteiger partial charge in [-0.05, 0) is 6.66 Å². The van der Waals surface area contributed by atoms with Crippen molar-refractivity contribution in [1.29, 1.82) is 0 Å². The van der Waals surface area contributed by atoms with Crippen LogP contribution in [-0.4, -0.2) is 0 Å². The zero-order chi connectivity index (χ0) is 10.5. The molecule has 0 aliphatic rings. The van der Waals surface area contributed by atoms with Gasteiger partial charge in [0.25, 0.3) is 0 Å². The third kappa shape index (κ3) is 6.18. The first-order valence-corrected chi connectivity index (χ1v) is 6.81. The van der Waals surface area contributed by atoms with E-state index in [1.807, 2.05) is 12.1 Å². The second-order valence-corrected chi connectivity index (χ2v) is 5.18. The number of halogens is 2. The van der Waals surface area contributed by atoms with Gasteiger partial charge in [-0.3, -0.25) is 7.53 Å². The van der Waals surface area contributed by atoms with Crippen molar-refractivity contribution >= 4 is 18.3 Å². The summed E-state index contributed by atoms with van der Waals surface area (Å²) in [5.41, 5.74) is 0. The van der Waals surface area contributed by atoms with Gasteiger partial charge in [0, 0.05) is 0 Å². The van der Waals surface area contributed by atoms with Crippen molar-refractivity contribution in [2.75, 3.05) is 0 Å². The van der Waals surface area contributed by atoms with Crippen LogP contribution in [0.3, 0.4) is 0 Å². The summed E-state index contributed by atoms with van der Waals surface area (Å²) in [5, 5.41) is 2.66. The third-order valence-corrected chi connectivity index (χ3v) is 3.41. The van der Waals surface area contributed by atoms with Crippen LogP contribution in [0.4, 0.5) is 0 Å². The van der Waals surface area contributed by atoms with Crippen molar-refractivity contribution in [3.8, 4) is 0 Å². The molecule has 1 atom stereocenters. The van der Waals surface area contributed by atoms with Crippen LogP contribution in [0.15, 0.2) is 60.4 Å². The van der Waals surface area contributed by atoms with Crippen LogP contribution in [0.1, 0.15) is 0 Å². The molecular weight excluding hydrogens is 318 g/mol. The Labute approximate surface area is 137 Å². The van der Waals surface area contributed by atoms with Crippen molar-refractivity contribution < 1.29 is 46.5 Å². The molecule has 0 saturated heterocycles. The summed E-state index contributed by atoms with van der Waals surface area (Å²) in [6.07, 6.45) is 0. The van der Waals surface area contributed by atoms with Crippen LogP contribution < -0.4 is 24.8 Å². The maximum Gasteiger partial charge on any atom is 4.00 e. The number of fused-ring (bicyclic) bond motifs is 1. The summed E-state index contributed by atoms with van der Waals surface area (Å²) < 4.78 is 0. The molecular formula is C14H13Cl2PTi. The first-order valence-electron chi connectivity index (χ1n) is 4.96. The Bertz CT molecular complexity index is 487. The van der Waals surface area contributed by atoms with Gasteiger partial charge in [-0.15, -0.1) is 29.7 Å². The zero-order valence-electron chi connectivity index (χ0n) is 9.98. The molecule has 0 aliphatic carbocycles. The molecule has 3 rings (SSSR count). The van der Waals surface area contributed by atoms with Crippen molar-refractivity contribution in [2.24, 2.45) is 6.66 Å². The molecule has 1 heterocycles. The van der Waals surface area contributed by atoms with Crippen LogP contribution in [-0.2, 0) is 28.4 Å². The third-order valence-electron chi connectivity index (χ3n) is 2.23. The summed E-state index contributed by atoms with van der Waals surface area (Å²) in [6.45, 7) is 2.18. The molecule has 2 aromatic carbocycles. The molecule has 1 unspecified atom stereocenters. The summed E-state index contributed by atoms with van der Waals surface area (Å²) in [6, 6.07) is 18.7.